The Hall–Kier alpha value is -0.780. The maximum absolute atomic E-state index is 5.83. The third-order valence-electron chi connectivity index (χ3n) is 2.99. The van der Waals surface area contributed by atoms with Gasteiger partial charge in [-0.15, -0.1) is 0 Å². The summed E-state index contributed by atoms with van der Waals surface area (Å²) in [6.45, 7) is 8.47. The molecule has 0 aliphatic carbocycles. The summed E-state index contributed by atoms with van der Waals surface area (Å²) in [5.41, 5.74) is 9.16. The van der Waals surface area contributed by atoms with Crippen molar-refractivity contribution in [2.45, 2.75) is 33.9 Å². The van der Waals surface area contributed by atoms with Crippen LogP contribution >= 0.6 is 0 Å². The van der Waals surface area contributed by atoms with E-state index in [2.05, 4.69) is 42.0 Å². The van der Waals surface area contributed by atoms with Gasteiger partial charge in [-0.1, -0.05) is 0 Å². The zero-order chi connectivity index (χ0) is 11.0. The summed E-state index contributed by atoms with van der Waals surface area (Å²) in [6.07, 6.45) is 0. The molecule has 0 unspecified atom stereocenters. The van der Waals surface area contributed by atoms with Crippen LogP contribution in [0.1, 0.15) is 19.7 Å². The highest BCUT2D eigenvalue weighted by Crippen LogP contribution is 2.17. The van der Waals surface area contributed by atoms with Crippen LogP contribution in [0.2, 0.25) is 0 Å². The van der Waals surface area contributed by atoms with E-state index in [0.717, 1.165) is 18.8 Å². The molecule has 0 radical (unpaired) electrons. The van der Waals surface area contributed by atoms with Crippen molar-refractivity contribution in [3.63, 3.8) is 0 Å². The number of nitrogens with zero attached hydrogens (tertiary/aromatic N) is 2. The quantitative estimate of drug-likeness (QED) is 0.422. The fourth-order valence-corrected chi connectivity index (χ4v) is 2.28. The standard InChI is InChI=1S/C12H18N3.HI/c1-4-14-9(3)15(5-2)12-8-10(13)6-7-11(12)14;/h6-8H,4-5,13H2,1-3H3;1H/q+1;/p-1. The number of fused-ring (bicyclic) bond motifs is 1. The minimum atomic E-state index is 0. The second-order valence-corrected chi connectivity index (χ2v) is 3.78. The molecule has 0 bridgehead atoms. The summed E-state index contributed by atoms with van der Waals surface area (Å²) in [5, 5.41) is 0. The predicted molar refractivity (Wildman–Crippen MR) is 62.6 cm³/mol. The minimum absolute atomic E-state index is 0. The lowest BCUT2D eigenvalue weighted by Gasteiger charge is -1.94. The molecule has 1 heterocycles. The van der Waals surface area contributed by atoms with E-state index in [1.807, 2.05) is 6.07 Å². The van der Waals surface area contributed by atoms with Crippen molar-refractivity contribution in [2.75, 3.05) is 5.73 Å². The molecule has 0 amide bonds. The third-order valence-corrected chi connectivity index (χ3v) is 2.99. The Balaban J connectivity index is 0.00000128. The van der Waals surface area contributed by atoms with E-state index in [1.165, 1.54) is 16.9 Å². The van der Waals surface area contributed by atoms with Gasteiger partial charge in [0.15, 0.2) is 11.0 Å². The molecule has 0 spiro atoms. The first-order chi connectivity index (χ1) is 7.19. The van der Waals surface area contributed by atoms with Gasteiger partial charge < -0.3 is 29.7 Å². The molecule has 1 aromatic heterocycles. The number of hydrogen-bond acceptors (Lipinski definition) is 1. The average molecular weight is 331 g/mol. The zero-order valence-electron chi connectivity index (χ0n) is 10.00. The molecular formula is C12H18IN3. The van der Waals surface area contributed by atoms with Gasteiger partial charge in [-0.2, -0.15) is 0 Å². The Morgan fingerprint density at radius 2 is 2.00 bits per heavy atom. The molecule has 0 saturated heterocycles. The highest BCUT2D eigenvalue weighted by atomic mass is 127. The Kier molecular flexibility index (Phi) is 4.18. The lowest BCUT2D eigenvalue weighted by Crippen LogP contribution is -3.00. The first-order valence-corrected chi connectivity index (χ1v) is 5.47. The monoisotopic (exact) mass is 331 g/mol. The molecule has 0 aliphatic rings. The zero-order valence-corrected chi connectivity index (χ0v) is 12.2. The number of anilines is 1. The Bertz CT molecular complexity index is 502. The number of imidazole rings is 1. The van der Waals surface area contributed by atoms with Crippen molar-refractivity contribution < 1.29 is 28.5 Å². The average Bonchev–Trinajstić information content (AvgIpc) is 2.48. The molecule has 1 aromatic carbocycles. The highest BCUT2D eigenvalue weighted by Gasteiger charge is 2.18. The van der Waals surface area contributed by atoms with E-state index in [4.69, 9.17) is 5.73 Å². The number of rotatable bonds is 2. The second kappa shape index (κ2) is 5.03. The van der Waals surface area contributed by atoms with Crippen LogP contribution < -0.4 is 34.3 Å². The van der Waals surface area contributed by atoms with Crippen LogP contribution in [0, 0.1) is 6.92 Å². The third kappa shape index (κ3) is 1.90. The molecule has 3 nitrogen and oxygen atoms in total. The fourth-order valence-electron chi connectivity index (χ4n) is 2.28. The van der Waals surface area contributed by atoms with Gasteiger partial charge in [0.1, 0.15) is 0 Å². The van der Waals surface area contributed by atoms with Crippen LogP contribution in [0.5, 0.6) is 0 Å². The summed E-state index contributed by atoms with van der Waals surface area (Å²) in [5.74, 6) is 1.29. The van der Waals surface area contributed by atoms with Crippen molar-refractivity contribution in [3.05, 3.63) is 24.0 Å². The highest BCUT2D eigenvalue weighted by molar-refractivity contribution is 5.76. The normalized spacial score (nSPS) is 10.4. The number of aryl methyl sites for hydroxylation is 2. The number of benzene rings is 1. The van der Waals surface area contributed by atoms with E-state index < -0.39 is 0 Å². The van der Waals surface area contributed by atoms with Gasteiger partial charge in [-0.3, -0.25) is 0 Å². The summed E-state index contributed by atoms with van der Waals surface area (Å²) in [4.78, 5) is 0. The number of aromatic nitrogens is 2. The van der Waals surface area contributed by atoms with Gasteiger partial charge in [0, 0.05) is 18.7 Å². The summed E-state index contributed by atoms with van der Waals surface area (Å²) in [7, 11) is 0. The van der Waals surface area contributed by atoms with E-state index in [0.29, 0.717) is 0 Å². The van der Waals surface area contributed by atoms with Crippen molar-refractivity contribution in [3.8, 4) is 0 Å². The molecule has 0 aliphatic heterocycles. The van der Waals surface area contributed by atoms with E-state index in [9.17, 15) is 0 Å². The maximum Gasteiger partial charge on any atom is 0.254 e. The molecule has 2 rings (SSSR count). The number of halogens is 1. The summed E-state index contributed by atoms with van der Waals surface area (Å²) < 4.78 is 4.62. The van der Waals surface area contributed by atoms with Crippen LogP contribution in [0.25, 0.3) is 11.0 Å². The molecule has 4 heteroatoms. The number of hydrogen-bond donors (Lipinski definition) is 1. The fraction of sp³-hybridized carbons (Fsp3) is 0.417. The van der Waals surface area contributed by atoms with Crippen molar-refractivity contribution >= 4 is 16.7 Å². The van der Waals surface area contributed by atoms with E-state index >= 15 is 0 Å². The van der Waals surface area contributed by atoms with Gasteiger partial charge in [-0.05, 0) is 26.0 Å². The Morgan fingerprint density at radius 1 is 1.31 bits per heavy atom. The van der Waals surface area contributed by atoms with Crippen LogP contribution in [-0.4, -0.2) is 4.57 Å². The molecule has 0 atom stereocenters. The number of nitrogen functional groups attached to an aromatic ring is 1. The predicted octanol–water partition coefficient (Wildman–Crippen LogP) is -1.14. The van der Waals surface area contributed by atoms with Crippen molar-refractivity contribution in [1.82, 2.24) is 4.57 Å². The largest absolute Gasteiger partial charge is 1.00 e. The molecule has 2 aromatic rings. The smallest absolute Gasteiger partial charge is 0.254 e. The second-order valence-electron chi connectivity index (χ2n) is 3.78. The van der Waals surface area contributed by atoms with Gasteiger partial charge >= 0.3 is 0 Å². The molecule has 88 valence electrons. The number of nitrogens with two attached hydrogens (primary N) is 1. The first-order valence-electron chi connectivity index (χ1n) is 5.47. The lowest BCUT2D eigenvalue weighted by atomic mass is 10.3. The van der Waals surface area contributed by atoms with Gasteiger partial charge in [0.05, 0.1) is 13.1 Å². The maximum atomic E-state index is 5.83. The first kappa shape index (κ1) is 13.3. The molecule has 2 N–H and O–H groups in total. The minimum Gasteiger partial charge on any atom is -1.00 e. The van der Waals surface area contributed by atoms with Gasteiger partial charge in [-0.25, -0.2) is 9.13 Å². The summed E-state index contributed by atoms with van der Waals surface area (Å²) in [6, 6.07) is 6.12. The lowest BCUT2D eigenvalue weighted by molar-refractivity contribution is -0.674. The molecule has 0 saturated carbocycles. The van der Waals surface area contributed by atoms with Gasteiger partial charge in [0.2, 0.25) is 0 Å². The van der Waals surface area contributed by atoms with Crippen molar-refractivity contribution in [1.29, 1.82) is 0 Å². The van der Waals surface area contributed by atoms with Crippen LogP contribution in [0.15, 0.2) is 18.2 Å². The topological polar surface area (TPSA) is 34.8 Å². The van der Waals surface area contributed by atoms with Crippen LogP contribution in [0.3, 0.4) is 0 Å². The van der Waals surface area contributed by atoms with E-state index in [-0.39, 0.29) is 24.0 Å². The Labute approximate surface area is 113 Å². The van der Waals surface area contributed by atoms with Gasteiger partial charge in [0.25, 0.3) is 5.82 Å². The molecule has 0 fully saturated rings. The molecular weight excluding hydrogens is 313 g/mol. The van der Waals surface area contributed by atoms with Crippen LogP contribution in [0.4, 0.5) is 5.69 Å². The Morgan fingerprint density at radius 3 is 2.56 bits per heavy atom. The van der Waals surface area contributed by atoms with Crippen LogP contribution in [-0.2, 0) is 13.1 Å². The van der Waals surface area contributed by atoms with E-state index in [1.54, 1.807) is 0 Å². The summed E-state index contributed by atoms with van der Waals surface area (Å²) >= 11 is 0. The van der Waals surface area contributed by atoms with Crippen molar-refractivity contribution in [2.24, 2.45) is 0 Å². The molecule has 16 heavy (non-hydrogen) atoms. The SMILES string of the molecule is CCn1c(C)[n+](CC)c2ccc(N)cc21.[I-].